The van der Waals surface area contributed by atoms with E-state index in [4.69, 9.17) is 0 Å². The van der Waals surface area contributed by atoms with Crippen LogP contribution in [0.1, 0.15) is 22.4 Å². The maximum absolute atomic E-state index is 14.0. The predicted molar refractivity (Wildman–Crippen MR) is 142 cm³/mol. The third-order valence-corrected chi connectivity index (χ3v) is 6.04. The average molecular weight is 536 g/mol. The molecule has 7 nitrogen and oxygen atoms in total. The number of halogens is 4. The van der Waals surface area contributed by atoms with E-state index in [2.05, 4.69) is 26.3 Å². The van der Waals surface area contributed by atoms with Crippen LogP contribution in [0, 0.1) is 12.7 Å². The number of rotatable bonds is 5. The number of alkyl halides is 3. The fourth-order valence-electron chi connectivity index (χ4n) is 4.08. The summed E-state index contributed by atoms with van der Waals surface area (Å²) in [5.41, 5.74) is 3.49. The van der Waals surface area contributed by atoms with Gasteiger partial charge in [0.25, 0.3) is 5.91 Å². The molecule has 0 saturated carbocycles. The predicted octanol–water partition coefficient (Wildman–Crippen LogP) is 7.36. The van der Waals surface area contributed by atoms with E-state index < -0.39 is 29.3 Å². The molecule has 1 aliphatic heterocycles. The highest BCUT2D eigenvalue weighted by Gasteiger charge is 2.31. The molecule has 0 bridgehead atoms. The SMILES string of the molecule is Cc1ccc(NC(=O)Nc2cc(C(F)(F)F)ccc2F)cc1Nc1ccc2c(c1)NC(=O)/C2=C/c1ccc[nH]1. The molecular formula is C28H21F4N5O2. The van der Waals surface area contributed by atoms with Crippen LogP contribution in [0.25, 0.3) is 11.6 Å². The van der Waals surface area contributed by atoms with E-state index in [1.807, 2.05) is 31.2 Å². The minimum atomic E-state index is -4.68. The van der Waals surface area contributed by atoms with Gasteiger partial charge in [-0.3, -0.25) is 4.79 Å². The van der Waals surface area contributed by atoms with Crippen LogP contribution >= 0.6 is 0 Å². The molecular weight excluding hydrogens is 514 g/mol. The second kappa shape index (κ2) is 10.0. The number of aromatic nitrogens is 1. The van der Waals surface area contributed by atoms with E-state index in [1.54, 1.807) is 36.5 Å². The maximum Gasteiger partial charge on any atom is 0.416 e. The Labute approximate surface area is 219 Å². The van der Waals surface area contributed by atoms with Gasteiger partial charge in [0.05, 0.1) is 22.5 Å². The van der Waals surface area contributed by atoms with Crippen molar-refractivity contribution < 1.29 is 27.2 Å². The smallest absolute Gasteiger partial charge is 0.362 e. The van der Waals surface area contributed by atoms with Gasteiger partial charge in [0.1, 0.15) is 5.82 Å². The van der Waals surface area contributed by atoms with Crippen molar-refractivity contribution in [3.05, 3.63) is 101 Å². The van der Waals surface area contributed by atoms with Crippen molar-refractivity contribution in [1.82, 2.24) is 4.98 Å². The second-order valence-electron chi connectivity index (χ2n) is 8.82. The Morgan fingerprint density at radius 1 is 0.923 bits per heavy atom. The first kappa shape index (κ1) is 25.6. The van der Waals surface area contributed by atoms with E-state index in [0.29, 0.717) is 46.5 Å². The van der Waals surface area contributed by atoms with Crippen molar-refractivity contribution in [1.29, 1.82) is 0 Å². The molecule has 1 aromatic heterocycles. The van der Waals surface area contributed by atoms with Crippen molar-refractivity contribution in [2.24, 2.45) is 0 Å². The van der Waals surface area contributed by atoms with E-state index in [-0.39, 0.29) is 5.91 Å². The summed E-state index contributed by atoms with van der Waals surface area (Å²) in [7, 11) is 0. The molecule has 5 rings (SSSR count). The third-order valence-electron chi connectivity index (χ3n) is 6.04. The van der Waals surface area contributed by atoms with Gasteiger partial charge in [0.15, 0.2) is 0 Å². The van der Waals surface area contributed by atoms with Crippen LogP contribution in [0.3, 0.4) is 0 Å². The summed E-state index contributed by atoms with van der Waals surface area (Å²) in [6.07, 6.45) is -1.14. The van der Waals surface area contributed by atoms with E-state index in [9.17, 15) is 27.2 Å². The number of aryl methyl sites for hydroxylation is 1. The fourth-order valence-corrected chi connectivity index (χ4v) is 4.08. The van der Waals surface area contributed by atoms with Crippen LogP contribution in [0.4, 0.5) is 50.8 Å². The lowest BCUT2D eigenvalue weighted by Crippen LogP contribution is -2.20. The monoisotopic (exact) mass is 535 g/mol. The van der Waals surface area contributed by atoms with Crippen LogP contribution in [0.2, 0.25) is 0 Å². The zero-order valence-corrected chi connectivity index (χ0v) is 20.3. The zero-order chi connectivity index (χ0) is 27.7. The van der Waals surface area contributed by atoms with Crippen molar-refractivity contribution in [2.45, 2.75) is 13.1 Å². The van der Waals surface area contributed by atoms with Crippen molar-refractivity contribution in [3.8, 4) is 0 Å². The maximum atomic E-state index is 14.0. The van der Waals surface area contributed by atoms with Gasteiger partial charge in [-0.15, -0.1) is 0 Å². The van der Waals surface area contributed by atoms with Crippen molar-refractivity contribution in [2.75, 3.05) is 21.3 Å². The standard InChI is InChI=1S/C28H21F4N5O2/c1-15-4-6-19(35-27(39)37-25-11-16(28(30,31)32)5-9-22(25)29)13-23(15)34-18-7-8-20-21(12-17-3-2-10-33-17)26(38)36-24(20)14-18/h2-14,33-34H,1H3,(H,36,38)(H2,35,37,39)/b21-12+. The van der Waals surface area contributed by atoms with Crippen molar-refractivity contribution >= 4 is 52.0 Å². The molecule has 0 fully saturated rings. The second-order valence-corrected chi connectivity index (χ2v) is 8.82. The Kier molecular flexibility index (Phi) is 6.57. The van der Waals surface area contributed by atoms with E-state index >= 15 is 0 Å². The fraction of sp³-hybridized carbons (Fsp3) is 0.0714. The first-order valence-corrected chi connectivity index (χ1v) is 11.7. The molecule has 0 spiro atoms. The molecule has 0 unspecified atom stereocenters. The Morgan fingerprint density at radius 3 is 2.46 bits per heavy atom. The number of amides is 3. The molecule has 0 atom stereocenters. The highest BCUT2D eigenvalue weighted by Crippen LogP contribution is 2.36. The largest absolute Gasteiger partial charge is 0.416 e. The number of nitrogens with one attached hydrogen (secondary N) is 5. The number of carbonyl (C=O) groups is 2. The topological polar surface area (TPSA) is 98.0 Å². The number of carbonyl (C=O) groups excluding carboxylic acids is 2. The lowest BCUT2D eigenvalue weighted by molar-refractivity contribution is -0.137. The lowest BCUT2D eigenvalue weighted by atomic mass is 10.1. The van der Waals surface area contributed by atoms with E-state index in [1.165, 1.54) is 0 Å². The minimum absolute atomic E-state index is 0.220. The number of benzene rings is 3. The molecule has 11 heteroatoms. The molecule has 0 aliphatic carbocycles. The molecule has 0 radical (unpaired) electrons. The summed E-state index contributed by atoms with van der Waals surface area (Å²) in [6.45, 7) is 1.84. The number of urea groups is 1. The van der Waals surface area contributed by atoms with Gasteiger partial charge < -0.3 is 26.3 Å². The Hall–Kier alpha value is -5.06. The lowest BCUT2D eigenvalue weighted by Gasteiger charge is -2.14. The molecule has 1 aliphatic rings. The van der Waals surface area contributed by atoms with Gasteiger partial charge in [-0.25, -0.2) is 9.18 Å². The highest BCUT2D eigenvalue weighted by atomic mass is 19.4. The Bertz CT molecular complexity index is 1610. The first-order chi connectivity index (χ1) is 18.6. The minimum Gasteiger partial charge on any atom is -0.362 e. The van der Waals surface area contributed by atoms with Gasteiger partial charge in [-0.05, 0) is 73.2 Å². The Morgan fingerprint density at radius 2 is 1.72 bits per heavy atom. The molecule has 3 amide bonds. The average Bonchev–Trinajstić information content (AvgIpc) is 3.49. The van der Waals surface area contributed by atoms with Crippen LogP contribution < -0.4 is 21.3 Å². The zero-order valence-electron chi connectivity index (χ0n) is 20.3. The highest BCUT2D eigenvalue weighted by molar-refractivity contribution is 6.35. The summed E-state index contributed by atoms with van der Waals surface area (Å²) in [4.78, 5) is 28.0. The summed E-state index contributed by atoms with van der Waals surface area (Å²) in [5.74, 6) is -1.22. The number of hydrogen-bond acceptors (Lipinski definition) is 3. The van der Waals surface area contributed by atoms with Gasteiger partial charge in [-0.2, -0.15) is 13.2 Å². The van der Waals surface area contributed by atoms with Crippen LogP contribution in [-0.4, -0.2) is 16.9 Å². The van der Waals surface area contributed by atoms with Crippen LogP contribution in [0.15, 0.2) is 72.9 Å². The first-order valence-electron chi connectivity index (χ1n) is 11.7. The van der Waals surface area contributed by atoms with Gasteiger partial charge in [0.2, 0.25) is 0 Å². The Balaban J connectivity index is 1.31. The molecule has 198 valence electrons. The third kappa shape index (κ3) is 5.61. The van der Waals surface area contributed by atoms with E-state index in [0.717, 1.165) is 16.8 Å². The number of hydrogen-bond donors (Lipinski definition) is 5. The van der Waals surface area contributed by atoms with Gasteiger partial charge in [0, 0.05) is 34.5 Å². The number of anilines is 5. The number of aromatic amines is 1. The number of fused-ring (bicyclic) bond motifs is 1. The molecule has 2 heterocycles. The molecule has 4 aromatic rings. The van der Waals surface area contributed by atoms with Crippen LogP contribution in [-0.2, 0) is 11.0 Å². The molecule has 39 heavy (non-hydrogen) atoms. The van der Waals surface area contributed by atoms with Crippen molar-refractivity contribution in [3.63, 3.8) is 0 Å². The van der Waals surface area contributed by atoms with Crippen LogP contribution in [0.5, 0.6) is 0 Å². The van der Waals surface area contributed by atoms with Gasteiger partial charge in [-0.1, -0.05) is 12.1 Å². The summed E-state index contributed by atoms with van der Waals surface area (Å²) in [5, 5.41) is 10.7. The summed E-state index contributed by atoms with van der Waals surface area (Å²) >= 11 is 0. The van der Waals surface area contributed by atoms with Gasteiger partial charge >= 0.3 is 12.2 Å². The molecule has 0 saturated heterocycles. The molecule has 5 N–H and O–H groups in total. The number of H-pyrrole nitrogens is 1. The summed E-state index contributed by atoms with van der Waals surface area (Å²) in [6, 6.07) is 14.9. The molecule has 3 aromatic carbocycles. The summed E-state index contributed by atoms with van der Waals surface area (Å²) < 4.78 is 52.9. The quantitative estimate of drug-likeness (QED) is 0.136. The normalized spacial score (nSPS) is 13.7.